The summed E-state index contributed by atoms with van der Waals surface area (Å²) >= 11 is 0. The smallest absolute Gasteiger partial charge is 0.250 e. The zero-order chi connectivity index (χ0) is 19.0. The predicted molar refractivity (Wildman–Crippen MR) is 102 cm³/mol. The fourth-order valence-corrected chi connectivity index (χ4v) is 4.43. The number of ether oxygens (including phenoxy) is 2. The van der Waals surface area contributed by atoms with Gasteiger partial charge in [-0.2, -0.15) is 0 Å². The van der Waals surface area contributed by atoms with E-state index in [2.05, 4.69) is 4.90 Å². The minimum absolute atomic E-state index is 0.0707. The zero-order valence-electron chi connectivity index (χ0n) is 15.7. The monoisotopic (exact) mass is 368 g/mol. The van der Waals surface area contributed by atoms with Gasteiger partial charge >= 0.3 is 0 Å². The second-order valence-electron chi connectivity index (χ2n) is 7.39. The van der Waals surface area contributed by atoms with E-state index in [1.54, 1.807) is 38.5 Å². The summed E-state index contributed by atoms with van der Waals surface area (Å²) in [7, 11) is 3.15. The molecular weight excluding hydrogens is 344 g/mol. The Morgan fingerprint density at radius 2 is 1.89 bits per heavy atom. The fourth-order valence-electron chi connectivity index (χ4n) is 4.43. The highest BCUT2D eigenvalue weighted by Gasteiger charge is 2.35. The first kappa shape index (κ1) is 17.8. The number of rotatable bonds is 5. The molecule has 0 N–H and O–H groups in total. The number of benzene rings is 1. The first-order valence-corrected chi connectivity index (χ1v) is 9.26. The van der Waals surface area contributed by atoms with Crippen molar-refractivity contribution in [1.29, 1.82) is 0 Å². The van der Waals surface area contributed by atoms with E-state index in [9.17, 15) is 9.59 Å². The van der Waals surface area contributed by atoms with Gasteiger partial charge < -0.3 is 14.0 Å². The van der Waals surface area contributed by atoms with Crippen LogP contribution in [0.1, 0.15) is 28.4 Å². The highest BCUT2D eigenvalue weighted by Crippen LogP contribution is 2.35. The largest absolute Gasteiger partial charge is 0.493 e. The maximum Gasteiger partial charge on any atom is 0.250 e. The summed E-state index contributed by atoms with van der Waals surface area (Å²) < 4.78 is 12.5. The minimum Gasteiger partial charge on any atom is -0.493 e. The number of aromatic nitrogens is 1. The summed E-state index contributed by atoms with van der Waals surface area (Å²) in [4.78, 5) is 27.2. The molecule has 142 valence electrons. The van der Waals surface area contributed by atoms with Crippen molar-refractivity contribution in [3.8, 4) is 11.5 Å². The van der Waals surface area contributed by atoms with Gasteiger partial charge in [-0.1, -0.05) is 6.07 Å². The van der Waals surface area contributed by atoms with Gasteiger partial charge in [-0.3, -0.25) is 14.5 Å². The third kappa shape index (κ3) is 3.37. The van der Waals surface area contributed by atoms with Crippen molar-refractivity contribution in [1.82, 2.24) is 9.47 Å². The number of hydrogen-bond donors (Lipinski definition) is 0. The maximum absolute atomic E-state index is 12.8. The number of ketones is 1. The van der Waals surface area contributed by atoms with Gasteiger partial charge in [0.2, 0.25) is 0 Å². The van der Waals surface area contributed by atoms with Crippen LogP contribution < -0.4 is 15.0 Å². The summed E-state index contributed by atoms with van der Waals surface area (Å²) in [5.41, 5.74) is 1.80. The number of pyridine rings is 1. The van der Waals surface area contributed by atoms with E-state index >= 15 is 0 Å². The van der Waals surface area contributed by atoms with Crippen LogP contribution in [0.15, 0.2) is 41.2 Å². The van der Waals surface area contributed by atoms with E-state index in [0.29, 0.717) is 35.4 Å². The van der Waals surface area contributed by atoms with Crippen molar-refractivity contribution in [2.24, 2.45) is 5.92 Å². The third-order valence-electron chi connectivity index (χ3n) is 5.63. The molecule has 6 heteroatoms. The van der Waals surface area contributed by atoms with Gasteiger partial charge in [0.1, 0.15) is 0 Å². The molecule has 1 fully saturated rings. The third-order valence-corrected chi connectivity index (χ3v) is 5.63. The van der Waals surface area contributed by atoms with Gasteiger partial charge in [-0.05, 0) is 36.6 Å². The Morgan fingerprint density at radius 1 is 1.07 bits per heavy atom. The molecular formula is C21H24N2O4. The second-order valence-corrected chi connectivity index (χ2v) is 7.39. The molecule has 1 saturated heterocycles. The van der Waals surface area contributed by atoms with Crippen LogP contribution in [-0.4, -0.2) is 49.1 Å². The molecule has 1 aromatic heterocycles. The summed E-state index contributed by atoms with van der Waals surface area (Å²) in [5, 5.41) is 0. The normalized spacial score (nSPS) is 21.4. The number of likely N-dealkylation sites (tertiary alicyclic amines) is 1. The Bertz CT molecular complexity index is 921. The Balaban J connectivity index is 1.50. The van der Waals surface area contributed by atoms with E-state index < -0.39 is 0 Å². The Labute approximate surface area is 158 Å². The molecule has 0 amide bonds. The lowest BCUT2D eigenvalue weighted by Gasteiger charge is -2.42. The van der Waals surface area contributed by atoms with Crippen LogP contribution in [0.4, 0.5) is 0 Å². The zero-order valence-corrected chi connectivity index (χ0v) is 15.7. The van der Waals surface area contributed by atoms with E-state index in [1.165, 1.54) is 0 Å². The Kier molecular flexibility index (Phi) is 4.74. The number of carbonyl (C=O) groups excluding carboxylic acids is 1. The van der Waals surface area contributed by atoms with E-state index in [4.69, 9.17) is 9.47 Å². The van der Waals surface area contributed by atoms with Crippen LogP contribution in [0.2, 0.25) is 0 Å². The molecule has 4 rings (SSSR count). The van der Waals surface area contributed by atoms with Crippen LogP contribution >= 0.6 is 0 Å². The van der Waals surface area contributed by atoms with Crippen molar-refractivity contribution in [2.75, 3.05) is 33.9 Å². The van der Waals surface area contributed by atoms with Crippen LogP contribution in [-0.2, 0) is 6.54 Å². The molecule has 2 aliphatic heterocycles. The molecule has 0 radical (unpaired) electrons. The molecule has 2 aromatic rings. The Morgan fingerprint density at radius 3 is 2.67 bits per heavy atom. The van der Waals surface area contributed by atoms with Gasteiger partial charge in [-0.15, -0.1) is 0 Å². The van der Waals surface area contributed by atoms with Gasteiger partial charge in [0, 0.05) is 42.9 Å². The lowest BCUT2D eigenvalue weighted by Crippen LogP contribution is -2.48. The van der Waals surface area contributed by atoms with Crippen molar-refractivity contribution in [2.45, 2.75) is 18.9 Å². The van der Waals surface area contributed by atoms with Gasteiger partial charge in [-0.25, -0.2) is 0 Å². The highest BCUT2D eigenvalue weighted by atomic mass is 16.5. The summed E-state index contributed by atoms with van der Waals surface area (Å²) in [6, 6.07) is 10.8. The minimum atomic E-state index is 0.0707. The first-order valence-electron chi connectivity index (χ1n) is 9.26. The average molecular weight is 368 g/mol. The van der Waals surface area contributed by atoms with E-state index in [-0.39, 0.29) is 11.3 Å². The van der Waals surface area contributed by atoms with Crippen molar-refractivity contribution in [3.63, 3.8) is 0 Å². The molecule has 3 heterocycles. The molecule has 2 bridgehead atoms. The number of nitrogens with zero attached hydrogens (tertiary/aromatic N) is 2. The number of piperidine rings is 1. The predicted octanol–water partition coefficient (Wildman–Crippen LogP) is 2.17. The van der Waals surface area contributed by atoms with Crippen LogP contribution in [0.3, 0.4) is 0 Å². The van der Waals surface area contributed by atoms with E-state index in [0.717, 1.165) is 31.7 Å². The lowest BCUT2D eigenvalue weighted by molar-refractivity contribution is 0.0817. The molecule has 2 atom stereocenters. The van der Waals surface area contributed by atoms with Crippen molar-refractivity contribution in [3.05, 3.63) is 58.0 Å². The summed E-state index contributed by atoms with van der Waals surface area (Å²) in [5.74, 6) is 1.97. The summed E-state index contributed by atoms with van der Waals surface area (Å²) in [6.45, 7) is 2.77. The van der Waals surface area contributed by atoms with Crippen LogP contribution in [0, 0.1) is 5.92 Å². The quantitative estimate of drug-likeness (QED) is 0.757. The lowest BCUT2D eigenvalue weighted by atomic mass is 9.83. The number of fused-ring (bicyclic) bond motifs is 4. The highest BCUT2D eigenvalue weighted by molar-refractivity contribution is 5.98. The average Bonchev–Trinajstić information content (AvgIpc) is 2.68. The summed E-state index contributed by atoms with van der Waals surface area (Å²) in [6.07, 6.45) is 1.09. The van der Waals surface area contributed by atoms with Crippen LogP contribution in [0.25, 0.3) is 0 Å². The molecule has 0 spiro atoms. The number of methoxy groups -OCH3 is 2. The number of carbonyl (C=O) groups is 1. The molecule has 0 aliphatic carbocycles. The van der Waals surface area contributed by atoms with E-state index in [1.807, 2.05) is 16.7 Å². The van der Waals surface area contributed by atoms with Gasteiger partial charge in [0.15, 0.2) is 17.3 Å². The molecule has 0 saturated carbocycles. The standard InChI is InChI=1S/C21H24N2O4/c1-26-19-7-6-15(9-20(19)27-2)18(24)13-22-10-14-8-16(12-22)17-4-3-5-21(25)23(17)11-14/h3-7,9,14,16H,8,10-13H2,1-2H3/t14-,16+/m0/s1. The van der Waals surface area contributed by atoms with Crippen molar-refractivity contribution >= 4 is 5.78 Å². The number of Topliss-reactive ketones (excluding diaryl/α,β-unsaturated/α-hetero) is 1. The fraction of sp³-hybridized carbons (Fsp3) is 0.429. The maximum atomic E-state index is 12.8. The molecule has 1 aromatic carbocycles. The number of hydrogen-bond acceptors (Lipinski definition) is 5. The molecule has 2 aliphatic rings. The van der Waals surface area contributed by atoms with Gasteiger partial charge in [0.05, 0.1) is 20.8 Å². The molecule has 27 heavy (non-hydrogen) atoms. The SMILES string of the molecule is COc1ccc(C(=O)CN2C[C@@H]3C[C@H](C2)c2cccc(=O)n2C3)cc1OC. The first-order chi connectivity index (χ1) is 13.1. The molecule has 6 nitrogen and oxygen atoms in total. The van der Waals surface area contributed by atoms with Gasteiger partial charge in [0.25, 0.3) is 5.56 Å². The topological polar surface area (TPSA) is 60.8 Å². The molecule has 0 unspecified atom stereocenters. The second kappa shape index (κ2) is 7.19. The van der Waals surface area contributed by atoms with Crippen molar-refractivity contribution < 1.29 is 14.3 Å². The van der Waals surface area contributed by atoms with Crippen LogP contribution in [0.5, 0.6) is 11.5 Å². The Hall–Kier alpha value is -2.60.